The second kappa shape index (κ2) is 4.06. The molecule has 3 heteroatoms. The maximum Gasteiger partial charge on any atom is 0.146 e. The van der Waals surface area contributed by atoms with E-state index in [0.29, 0.717) is 5.69 Å². The number of hydrogen-bond donors (Lipinski definition) is 1. The number of aliphatic hydroxyl groups excluding tert-OH is 1. The molecule has 0 bridgehead atoms. The first-order valence-electron chi connectivity index (χ1n) is 5.63. The Balaban J connectivity index is 2.15. The number of anilines is 1. The average molecular weight is 223 g/mol. The lowest BCUT2D eigenvalue weighted by Gasteiger charge is -2.16. The second-order valence-corrected chi connectivity index (χ2v) is 5.02. The topological polar surface area (TPSA) is 23.5 Å². The van der Waals surface area contributed by atoms with Gasteiger partial charge in [0.15, 0.2) is 0 Å². The van der Waals surface area contributed by atoms with Crippen molar-refractivity contribution in [2.75, 3.05) is 25.6 Å². The van der Waals surface area contributed by atoms with E-state index >= 15 is 0 Å². The molecule has 1 saturated carbocycles. The number of aliphatic hydroxyl groups is 1. The molecule has 1 aliphatic rings. The zero-order valence-electron chi connectivity index (χ0n) is 9.83. The molecule has 0 radical (unpaired) electrons. The van der Waals surface area contributed by atoms with Crippen LogP contribution in [0, 0.1) is 11.2 Å². The third-order valence-electron chi connectivity index (χ3n) is 3.37. The SMILES string of the molecule is CN(C)c1ccc(CC2(CO)CC2)cc1F. The first-order valence-corrected chi connectivity index (χ1v) is 5.63. The number of benzene rings is 1. The van der Waals surface area contributed by atoms with Crippen molar-refractivity contribution in [2.45, 2.75) is 19.3 Å². The highest BCUT2D eigenvalue weighted by atomic mass is 19.1. The van der Waals surface area contributed by atoms with Crippen molar-refractivity contribution in [3.05, 3.63) is 29.6 Å². The van der Waals surface area contributed by atoms with Crippen molar-refractivity contribution in [3.8, 4) is 0 Å². The summed E-state index contributed by atoms with van der Waals surface area (Å²) in [5, 5.41) is 9.23. The van der Waals surface area contributed by atoms with Crippen molar-refractivity contribution in [1.29, 1.82) is 0 Å². The van der Waals surface area contributed by atoms with Crippen LogP contribution < -0.4 is 4.90 Å². The molecule has 0 aromatic heterocycles. The largest absolute Gasteiger partial charge is 0.396 e. The van der Waals surface area contributed by atoms with Crippen molar-refractivity contribution in [2.24, 2.45) is 5.41 Å². The maximum atomic E-state index is 13.7. The van der Waals surface area contributed by atoms with Gasteiger partial charge in [0.25, 0.3) is 0 Å². The van der Waals surface area contributed by atoms with E-state index in [1.165, 1.54) is 0 Å². The van der Waals surface area contributed by atoms with Crippen LogP contribution in [-0.4, -0.2) is 25.8 Å². The lowest BCUT2D eigenvalue weighted by Crippen LogP contribution is -2.13. The summed E-state index contributed by atoms with van der Waals surface area (Å²) in [5.41, 5.74) is 1.64. The minimum atomic E-state index is -0.184. The highest BCUT2D eigenvalue weighted by Gasteiger charge is 2.41. The van der Waals surface area contributed by atoms with Gasteiger partial charge in [-0.2, -0.15) is 0 Å². The van der Waals surface area contributed by atoms with Crippen molar-refractivity contribution >= 4 is 5.69 Å². The fourth-order valence-corrected chi connectivity index (χ4v) is 2.02. The first-order chi connectivity index (χ1) is 7.56. The molecule has 1 aliphatic carbocycles. The molecule has 0 atom stereocenters. The molecule has 0 heterocycles. The van der Waals surface area contributed by atoms with Crippen molar-refractivity contribution in [3.63, 3.8) is 0 Å². The fraction of sp³-hybridized carbons (Fsp3) is 0.538. The third-order valence-corrected chi connectivity index (χ3v) is 3.37. The average Bonchev–Trinajstić information content (AvgIpc) is 2.98. The first kappa shape index (κ1) is 11.4. The molecular formula is C13H18FNO. The quantitative estimate of drug-likeness (QED) is 0.846. The number of rotatable bonds is 4. The van der Waals surface area contributed by atoms with Crippen LogP contribution in [0.2, 0.25) is 0 Å². The molecule has 0 unspecified atom stereocenters. The van der Waals surface area contributed by atoms with Crippen molar-refractivity contribution in [1.82, 2.24) is 0 Å². The monoisotopic (exact) mass is 223 g/mol. The molecule has 88 valence electrons. The molecule has 2 nitrogen and oxygen atoms in total. The van der Waals surface area contributed by atoms with Gasteiger partial charge < -0.3 is 10.0 Å². The Kier molecular flexibility index (Phi) is 2.89. The van der Waals surface area contributed by atoms with Crippen LogP contribution in [0.1, 0.15) is 18.4 Å². The van der Waals surface area contributed by atoms with E-state index in [9.17, 15) is 9.50 Å². The molecule has 1 aromatic carbocycles. The summed E-state index contributed by atoms with van der Waals surface area (Å²) >= 11 is 0. The molecule has 1 N–H and O–H groups in total. The van der Waals surface area contributed by atoms with Crippen LogP contribution >= 0.6 is 0 Å². The molecule has 1 fully saturated rings. The van der Waals surface area contributed by atoms with Crippen LogP contribution in [0.15, 0.2) is 18.2 Å². The Morgan fingerprint density at radius 2 is 2.06 bits per heavy atom. The Morgan fingerprint density at radius 3 is 2.50 bits per heavy atom. The van der Waals surface area contributed by atoms with E-state index in [1.807, 2.05) is 20.2 Å². The molecule has 2 rings (SSSR count). The van der Waals surface area contributed by atoms with Crippen LogP contribution in [0.3, 0.4) is 0 Å². The van der Waals surface area contributed by atoms with E-state index in [-0.39, 0.29) is 17.8 Å². The minimum absolute atomic E-state index is 0.0477. The minimum Gasteiger partial charge on any atom is -0.396 e. The van der Waals surface area contributed by atoms with Crippen LogP contribution in [0.5, 0.6) is 0 Å². The molecule has 16 heavy (non-hydrogen) atoms. The molecule has 0 spiro atoms. The zero-order valence-corrected chi connectivity index (χ0v) is 9.83. The van der Waals surface area contributed by atoms with Gasteiger partial charge in [0.1, 0.15) is 5.82 Å². The summed E-state index contributed by atoms with van der Waals surface area (Å²) in [6.45, 7) is 0.212. The molecule has 0 aliphatic heterocycles. The molecular weight excluding hydrogens is 205 g/mol. The van der Waals surface area contributed by atoms with Crippen LogP contribution in [-0.2, 0) is 6.42 Å². The molecule has 0 saturated heterocycles. The summed E-state index contributed by atoms with van der Waals surface area (Å²) in [6, 6.07) is 5.34. The Morgan fingerprint density at radius 1 is 1.38 bits per heavy atom. The van der Waals surface area contributed by atoms with Gasteiger partial charge in [0.2, 0.25) is 0 Å². The Hall–Kier alpha value is -1.09. The normalized spacial score (nSPS) is 17.2. The smallest absolute Gasteiger partial charge is 0.146 e. The Labute approximate surface area is 95.7 Å². The van der Waals surface area contributed by atoms with E-state index in [2.05, 4.69) is 0 Å². The second-order valence-electron chi connectivity index (χ2n) is 5.02. The number of nitrogens with zero attached hydrogens (tertiary/aromatic N) is 1. The van der Waals surface area contributed by atoms with E-state index < -0.39 is 0 Å². The van der Waals surface area contributed by atoms with E-state index in [1.54, 1.807) is 17.0 Å². The lowest BCUT2D eigenvalue weighted by molar-refractivity contribution is 0.211. The van der Waals surface area contributed by atoms with E-state index in [0.717, 1.165) is 24.8 Å². The van der Waals surface area contributed by atoms with Gasteiger partial charge in [-0.05, 0) is 42.4 Å². The molecule has 1 aromatic rings. The van der Waals surface area contributed by atoms with Gasteiger partial charge in [-0.25, -0.2) is 4.39 Å². The summed E-state index contributed by atoms with van der Waals surface area (Å²) in [7, 11) is 3.66. The Bertz CT molecular complexity index is 386. The fourth-order valence-electron chi connectivity index (χ4n) is 2.02. The third kappa shape index (κ3) is 2.19. The predicted octanol–water partition coefficient (Wildman–Crippen LogP) is 2.21. The van der Waals surface area contributed by atoms with Gasteiger partial charge in [0.05, 0.1) is 5.69 Å². The van der Waals surface area contributed by atoms with Gasteiger partial charge in [-0.1, -0.05) is 6.07 Å². The highest BCUT2D eigenvalue weighted by molar-refractivity contribution is 5.47. The van der Waals surface area contributed by atoms with E-state index in [4.69, 9.17) is 0 Å². The zero-order chi connectivity index (χ0) is 11.8. The lowest BCUT2D eigenvalue weighted by atomic mass is 9.97. The predicted molar refractivity (Wildman–Crippen MR) is 63.2 cm³/mol. The summed E-state index contributed by atoms with van der Waals surface area (Å²) in [6.07, 6.45) is 2.90. The van der Waals surface area contributed by atoms with Crippen LogP contribution in [0.25, 0.3) is 0 Å². The number of hydrogen-bond acceptors (Lipinski definition) is 2. The van der Waals surface area contributed by atoms with Crippen molar-refractivity contribution < 1.29 is 9.50 Å². The van der Waals surface area contributed by atoms with Crippen LogP contribution in [0.4, 0.5) is 10.1 Å². The van der Waals surface area contributed by atoms with Gasteiger partial charge in [0, 0.05) is 20.7 Å². The standard InChI is InChI=1S/C13H18FNO/c1-15(2)12-4-3-10(7-11(12)14)8-13(9-16)5-6-13/h3-4,7,16H,5-6,8-9H2,1-2H3. The number of halogens is 1. The maximum absolute atomic E-state index is 13.7. The van der Waals surface area contributed by atoms with Gasteiger partial charge in [-0.3, -0.25) is 0 Å². The highest BCUT2D eigenvalue weighted by Crippen LogP contribution is 2.47. The summed E-state index contributed by atoms with van der Waals surface area (Å²) < 4.78 is 13.7. The summed E-state index contributed by atoms with van der Waals surface area (Å²) in [4.78, 5) is 1.76. The van der Waals surface area contributed by atoms with Gasteiger partial charge >= 0.3 is 0 Å². The summed E-state index contributed by atoms with van der Waals surface area (Å²) in [5.74, 6) is -0.184. The van der Waals surface area contributed by atoms with Gasteiger partial charge in [-0.15, -0.1) is 0 Å². The molecule has 0 amide bonds.